The summed E-state index contributed by atoms with van der Waals surface area (Å²) >= 11 is 0. The van der Waals surface area contributed by atoms with Gasteiger partial charge >= 0.3 is 12.4 Å². The van der Waals surface area contributed by atoms with Gasteiger partial charge in [0.05, 0.1) is 11.4 Å². The molecule has 0 aromatic heterocycles. The topological polar surface area (TPSA) is 81.6 Å². The first kappa shape index (κ1) is 31.2. The van der Waals surface area contributed by atoms with Crippen LogP contribution >= 0.6 is 0 Å². The number of halogens is 6. The number of aromatic hydroxyl groups is 2. The molecule has 0 bridgehead atoms. The van der Waals surface area contributed by atoms with Crippen LogP contribution in [0.3, 0.4) is 0 Å². The highest BCUT2D eigenvalue weighted by molar-refractivity contribution is 6.05. The number of carbonyl (C=O) groups is 1. The van der Waals surface area contributed by atoms with E-state index in [2.05, 4.69) is 22.5 Å². The Morgan fingerprint density at radius 3 is 1.73 bits per heavy atom. The number of alkyl halides is 6. The maximum absolute atomic E-state index is 14.7. The van der Waals surface area contributed by atoms with Gasteiger partial charge in [-0.1, -0.05) is 30.2 Å². The number of rotatable bonds is 7. The summed E-state index contributed by atoms with van der Waals surface area (Å²) in [6.45, 7) is 6.71. The number of amides is 1. The summed E-state index contributed by atoms with van der Waals surface area (Å²) in [6.07, 6.45) is -11.9. The Kier molecular flexibility index (Phi) is 8.86. The van der Waals surface area contributed by atoms with Gasteiger partial charge in [-0.25, -0.2) is 0 Å². The number of benzene rings is 3. The largest absolute Gasteiger partial charge is 0.506 e. The second-order valence-electron chi connectivity index (χ2n) is 9.70. The van der Waals surface area contributed by atoms with Crippen LogP contribution in [0.4, 0.5) is 37.7 Å². The zero-order chi connectivity index (χ0) is 30.8. The summed E-state index contributed by atoms with van der Waals surface area (Å²) in [7, 11) is 0. The van der Waals surface area contributed by atoms with Crippen molar-refractivity contribution in [3.8, 4) is 23.3 Å². The van der Waals surface area contributed by atoms with Gasteiger partial charge in [-0.15, -0.1) is 5.92 Å². The lowest BCUT2D eigenvalue weighted by Gasteiger charge is -2.38. The highest BCUT2D eigenvalue weighted by Crippen LogP contribution is 2.57. The molecule has 0 radical (unpaired) electrons. The molecule has 1 unspecified atom stereocenters. The van der Waals surface area contributed by atoms with E-state index in [0.717, 1.165) is 11.6 Å². The van der Waals surface area contributed by atoms with E-state index >= 15 is 0 Å². The van der Waals surface area contributed by atoms with Gasteiger partial charge in [-0.2, -0.15) is 26.3 Å². The van der Waals surface area contributed by atoms with E-state index < -0.39 is 58.0 Å². The zero-order valence-corrected chi connectivity index (χ0v) is 22.5. The molecule has 5 nitrogen and oxygen atoms in total. The molecule has 0 aliphatic heterocycles. The Hall–Kier alpha value is -4.33. The lowest BCUT2D eigenvalue weighted by molar-refractivity contribution is -0.288. The summed E-state index contributed by atoms with van der Waals surface area (Å²) in [5.74, 6) is 3.44. The van der Waals surface area contributed by atoms with Crippen LogP contribution in [0.2, 0.25) is 0 Å². The molecular weight excluding hydrogens is 550 g/mol. The third-order valence-electron chi connectivity index (χ3n) is 6.44. The molecule has 0 fully saturated rings. The van der Waals surface area contributed by atoms with Crippen LogP contribution < -0.4 is 10.6 Å². The molecule has 3 aromatic carbocycles. The Balaban J connectivity index is 2.15. The minimum atomic E-state index is -5.93. The van der Waals surface area contributed by atoms with Crippen molar-refractivity contribution < 1.29 is 41.4 Å². The Morgan fingerprint density at radius 1 is 0.780 bits per heavy atom. The number of nitrogens with one attached hydrogen (secondary N) is 2. The van der Waals surface area contributed by atoms with Gasteiger partial charge in [0.1, 0.15) is 11.5 Å². The number of anilines is 2. The van der Waals surface area contributed by atoms with Gasteiger partial charge in [0.25, 0.3) is 5.91 Å². The molecule has 0 heterocycles. The molecule has 0 aliphatic rings. The SMILES string of the molecule is CC#CC(C)c1ccc(C(=O)Nc2cc(C(c3ccc(O)c(NC(C)C)c3)(C(F)(F)F)C(F)(F)F)ccc2O)cc1. The van der Waals surface area contributed by atoms with Crippen molar-refractivity contribution in [3.63, 3.8) is 0 Å². The van der Waals surface area contributed by atoms with Crippen LogP contribution in [0.1, 0.15) is 60.7 Å². The molecule has 1 atom stereocenters. The summed E-state index contributed by atoms with van der Waals surface area (Å²) in [4.78, 5) is 12.9. The third kappa shape index (κ3) is 6.21. The van der Waals surface area contributed by atoms with Gasteiger partial charge in [0.2, 0.25) is 5.41 Å². The van der Waals surface area contributed by atoms with Gasteiger partial charge in [-0.05, 0) is 80.8 Å². The molecule has 4 N–H and O–H groups in total. The standard InChI is InChI=1S/C30H28F6N2O3/c1-5-6-18(4)19-7-9-20(10-8-19)27(41)38-24-16-22(12-14-26(24)40)28(29(31,32)33,30(34,35)36)21-11-13-25(39)23(15-21)37-17(2)3/h7-18,37,39-40H,1-4H3,(H,38,41). The third-order valence-corrected chi connectivity index (χ3v) is 6.44. The monoisotopic (exact) mass is 578 g/mol. The maximum Gasteiger partial charge on any atom is 0.411 e. The fourth-order valence-electron chi connectivity index (χ4n) is 4.46. The lowest BCUT2D eigenvalue weighted by atomic mass is 9.72. The molecule has 0 spiro atoms. The van der Waals surface area contributed by atoms with Crippen molar-refractivity contribution in [2.75, 3.05) is 10.6 Å². The molecule has 0 saturated carbocycles. The Labute approximate surface area is 233 Å². The average molecular weight is 579 g/mol. The van der Waals surface area contributed by atoms with Gasteiger partial charge in [0, 0.05) is 17.5 Å². The second-order valence-corrected chi connectivity index (χ2v) is 9.70. The average Bonchev–Trinajstić information content (AvgIpc) is 2.86. The number of hydrogen-bond donors (Lipinski definition) is 4. The maximum atomic E-state index is 14.7. The molecule has 3 aromatic rings. The Bertz CT molecular complexity index is 1450. The number of phenolic OH excluding ortho intramolecular Hbond substituents is 2. The first-order chi connectivity index (χ1) is 19.0. The summed E-state index contributed by atoms with van der Waals surface area (Å²) in [6, 6.07) is 9.14. The molecule has 3 rings (SSSR count). The lowest BCUT2D eigenvalue weighted by Crippen LogP contribution is -2.54. The zero-order valence-electron chi connectivity index (χ0n) is 22.5. The quantitative estimate of drug-likeness (QED) is 0.132. The van der Waals surface area contributed by atoms with Gasteiger partial charge in [0.15, 0.2) is 0 Å². The summed E-state index contributed by atoms with van der Waals surface area (Å²) < 4.78 is 88.2. The van der Waals surface area contributed by atoms with Crippen LogP contribution in [0.25, 0.3) is 0 Å². The summed E-state index contributed by atoms with van der Waals surface area (Å²) in [5.41, 5.74) is -7.23. The minimum absolute atomic E-state index is 0.0519. The first-order valence-corrected chi connectivity index (χ1v) is 12.4. The van der Waals surface area contributed by atoms with Crippen LogP contribution in [-0.4, -0.2) is 34.5 Å². The number of phenols is 2. The van der Waals surface area contributed by atoms with Crippen LogP contribution in [0.5, 0.6) is 11.5 Å². The Morgan fingerprint density at radius 2 is 1.27 bits per heavy atom. The van der Waals surface area contributed by atoms with Crippen LogP contribution in [-0.2, 0) is 5.41 Å². The number of hydrogen-bond acceptors (Lipinski definition) is 4. The normalized spacial score (nSPS) is 12.9. The van der Waals surface area contributed by atoms with E-state index in [9.17, 15) is 41.4 Å². The van der Waals surface area contributed by atoms with E-state index in [4.69, 9.17) is 0 Å². The van der Waals surface area contributed by atoms with Crippen molar-refractivity contribution in [2.24, 2.45) is 0 Å². The smallest absolute Gasteiger partial charge is 0.411 e. The van der Waals surface area contributed by atoms with Crippen LogP contribution in [0.15, 0.2) is 60.7 Å². The van der Waals surface area contributed by atoms with Crippen molar-refractivity contribution in [3.05, 3.63) is 82.9 Å². The summed E-state index contributed by atoms with van der Waals surface area (Å²) in [5, 5.41) is 25.2. The predicted octanol–water partition coefficient (Wildman–Crippen LogP) is 7.71. The highest BCUT2D eigenvalue weighted by Gasteiger charge is 2.72. The van der Waals surface area contributed by atoms with E-state index in [1.165, 1.54) is 12.1 Å². The van der Waals surface area contributed by atoms with Crippen molar-refractivity contribution >= 4 is 17.3 Å². The van der Waals surface area contributed by atoms with E-state index in [1.54, 1.807) is 32.9 Å². The van der Waals surface area contributed by atoms with E-state index in [0.29, 0.717) is 30.3 Å². The molecular formula is C30H28F6N2O3. The fourth-order valence-corrected chi connectivity index (χ4v) is 4.46. The molecule has 41 heavy (non-hydrogen) atoms. The van der Waals surface area contributed by atoms with Crippen LogP contribution in [0, 0.1) is 11.8 Å². The highest BCUT2D eigenvalue weighted by atomic mass is 19.4. The van der Waals surface area contributed by atoms with Gasteiger partial charge < -0.3 is 20.8 Å². The van der Waals surface area contributed by atoms with Crippen molar-refractivity contribution in [2.45, 2.75) is 57.4 Å². The molecule has 0 aliphatic carbocycles. The predicted molar refractivity (Wildman–Crippen MR) is 144 cm³/mol. The van der Waals surface area contributed by atoms with E-state index in [-0.39, 0.29) is 17.2 Å². The fraction of sp³-hybridized carbons (Fsp3) is 0.300. The van der Waals surface area contributed by atoms with Crippen molar-refractivity contribution in [1.82, 2.24) is 0 Å². The van der Waals surface area contributed by atoms with Crippen molar-refractivity contribution in [1.29, 1.82) is 0 Å². The second kappa shape index (κ2) is 11.6. The van der Waals surface area contributed by atoms with Gasteiger partial charge in [-0.3, -0.25) is 4.79 Å². The molecule has 218 valence electrons. The first-order valence-electron chi connectivity index (χ1n) is 12.4. The molecule has 0 saturated heterocycles. The molecule has 11 heteroatoms. The minimum Gasteiger partial charge on any atom is -0.506 e. The number of carbonyl (C=O) groups excluding carboxylic acids is 1. The van der Waals surface area contributed by atoms with E-state index in [1.807, 2.05) is 6.92 Å². The molecule has 1 amide bonds.